The van der Waals surface area contributed by atoms with Crippen LogP contribution >= 0.6 is 23.3 Å². The van der Waals surface area contributed by atoms with Gasteiger partial charge in [0.1, 0.15) is 11.9 Å². The molecule has 0 N–H and O–H groups in total. The number of halogens is 1. The Balaban J connectivity index is 1.56. The predicted octanol–water partition coefficient (Wildman–Crippen LogP) is 7.52. The number of hydrogen-bond donors (Lipinski definition) is 0. The van der Waals surface area contributed by atoms with Gasteiger partial charge in [-0.1, -0.05) is 29.8 Å². The summed E-state index contributed by atoms with van der Waals surface area (Å²) in [7, 11) is 1.42. The van der Waals surface area contributed by atoms with Gasteiger partial charge in [-0.2, -0.15) is 5.26 Å². The van der Waals surface area contributed by atoms with Gasteiger partial charge < -0.3 is 9.64 Å². The largest absolute Gasteiger partial charge is 0.469 e. The lowest BCUT2D eigenvalue weighted by molar-refractivity contribution is -0.146. The highest BCUT2D eigenvalue weighted by molar-refractivity contribution is 7.98. The second-order valence-corrected chi connectivity index (χ2v) is 11.5. The molecule has 6 rings (SSSR count). The molecule has 1 saturated heterocycles. The van der Waals surface area contributed by atoms with E-state index >= 15 is 0 Å². The molecule has 1 aliphatic rings. The highest BCUT2D eigenvalue weighted by Gasteiger charge is 2.34. The van der Waals surface area contributed by atoms with E-state index in [1.165, 1.54) is 30.1 Å². The second-order valence-electron chi connectivity index (χ2n) is 9.53. The van der Waals surface area contributed by atoms with Crippen LogP contribution in [0, 0.1) is 30.0 Å². The van der Waals surface area contributed by atoms with Crippen molar-refractivity contribution in [3.63, 3.8) is 0 Å². The van der Waals surface area contributed by atoms with Crippen LogP contribution in [0.5, 0.6) is 0 Å². The Hall–Kier alpha value is -4.06. The molecule has 8 heteroatoms. The number of nitrogens with zero attached hydrogens (tertiary/aromatic N) is 3. The summed E-state index contributed by atoms with van der Waals surface area (Å²) in [5.74, 6) is -0.654. The van der Waals surface area contributed by atoms with Crippen LogP contribution in [0.3, 0.4) is 0 Å². The van der Waals surface area contributed by atoms with Gasteiger partial charge in [0.05, 0.1) is 34.7 Å². The van der Waals surface area contributed by atoms with Crippen LogP contribution < -0.4 is 4.90 Å². The van der Waals surface area contributed by atoms with Crippen LogP contribution in [0.25, 0.3) is 32.6 Å². The van der Waals surface area contributed by atoms with Crippen molar-refractivity contribution in [3.05, 3.63) is 95.1 Å². The maximum atomic E-state index is 14.7. The zero-order valence-electron chi connectivity index (χ0n) is 21.3. The first kappa shape index (κ1) is 25.2. The molecule has 0 atom stereocenters. The van der Waals surface area contributed by atoms with E-state index in [9.17, 15) is 14.4 Å². The van der Waals surface area contributed by atoms with Gasteiger partial charge in [0.25, 0.3) is 0 Å². The Morgan fingerprint density at radius 3 is 2.64 bits per heavy atom. The summed E-state index contributed by atoms with van der Waals surface area (Å²) in [4.78, 5) is 16.0. The topological polar surface area (TPSA) is 58.3 Å². The van der Waals surface area contributed by atoms with Crippen molar-refractivity contribution in [2.45, 2.75) is 11.8 Å². The van der Waals surface area contributed by atoms with E-state index in [0.29, 0.717) is 18.7 Å². The Bertz CT molecular complexity index is 1740. The van der Waals surface area contributed by atoms with E-state index in [1.807, 2.05) is 29.6 Å². The third-order valence-corrected chi connectivity index (χ3v) is 8.99. The molecule has 5 aromatic rings. The lowest BCUT2D eigenvalue weighted by Gasteiger charge is -2.39. The zero-order valence-corrected chi connectivity index (χ0v) is 23.0. The summed E-state index contributed by atoms with van der Waals surface area (Å²) in [5, 5.41) is 12.6. The summed E-state index contributed by atoms with van der Waals surface area (Å²) in [6.07, 6.45) is 0. The summed E-state index contributed by atoms with van der Waals surface area (Å²) >= 11 is 3.05. The number of thiophene rings is 1. The van der Waals surface area contributed by atoms with Crippen molar-refractivity contribution in [1.29, 1.82) is 5.26 Å². The summed E-state index contributed by atoms with van der Waals surface area (Å²) in [5.41, 5.74) is 6.26. The fourth-order valence-corrected chi connectivity index (χ4v) is 6.89. The molecule has 3 heterocycles. The molecule has 1 fully saturated rings. The summed E-state index contributed by atoms with van der Waals surface area (Å²) in [6, 6.07) is 25.4. The highest BCUT2D eigenvalue weighted by Crippen LogP contribution is 2.47. The molecule has 0 spiro atoms. The standard InChI is InChI=1S/C31H24FN3O2S2/c1-19-6-9-25(10-7-19)39-35-27-11-8-23(32)15-26(27)28(30-21(16-33)12-13-38-30)29(35)20-4-3-5-24(14-20)34-17-22(18-34)31(36)37-2/h3-15,22H,17-18H2,1-2H3. The number of nitriles is 1. The molecule has 0 radical (unpaired) electrons. The van der Waals surface area contributed by atoms with Crippen LogP contribution in [-0.2, 0) is 9.53 Å². The van der Waals surface area contributed by atoms with E-state index in [4.69, 9.17) is 4.74 Å². The first-order chi connectivity index (χ1) is 19.0. The fraction of sp³-hybridized carbons (Fsp3) is 0.161. The van der Waals surface area contributed by atoms with Gasteiger partial charge in [-0.05, 0) is 72.8 Å². The lowest BCUT2D eigenvalue weighted by Crippen LogP contribution is -2.50. The molecule has 194 valence electrons. The van der Waals surface area contributed by atoms with Gasteiger partial charge in [0.2, 0.25) is 0 Å². The average molecular weight is 554 g/mol. The number of esters is 1. The number of aromatic nitrogens is 1. The van der Waals surface area contributed by atoms with Crippen LogP contribution in [0.2, 0.25) is 0 Å². The molecule has 0 aliphatic carbocycles. The van der Waals surface area contributed by atoms with E-state index in [2.05, 4.69) is 52.2 Å². The fourth-order valence-electron chi connectivity index (χ4n) is 4.97. The molecule has 1 aliphatic heterocycles. The molecular formula is C31H24FN3O2S2. The predicted molar refractivity (Wildman–Crippen MR) is 156 cm³/mol. The summed E-state index contributed by atoms with van der Waals surface area (Å²) < 4.78 is 21.7. The molecule has 5 nitrogen and oxygen atoms in total. The first-order valence-electron chi connectivity index (χ1n) is 12.5. The normalized spacial score (nSPS) is 13.3. The average Bonchev–Trinajstić information content (AvgIpc) is 3.51. The number of rotatable bonds is 6. The van der Waals surface area contributed by atoms with Gasteiger partial charge in [0.15, 0.2) is 0 Å². The first-order valence-corrected chi connectivity index (χ1v) is 14.1. The number of anilines is 1. The number of carbonyl (C=O) groups excluding carboxylic acids is 1. The SMILES string of the molecule is COC(=O)C1CN(c2cccc(-c3c(-c4sccc4C#N)c4cc(F)ccc4n3Sc3ccc(C)cc3)c2)C1. The molecule has 39 heavy (non-hydrogen) atoms. The summed E-state index contributed by atoms with van der Waals surface area (Å²) in [6.45, 7) is 3.25. The Morgan fingerprint density at radius 2 is 1.90 bits per heavy atom. The van der Waals surface area contributed by atoms with Crippen molar-refractivity contribution in [2.24, 2.45) is 5.92 Å². The minimum absolute atomic E-state index is 0.134. The molecular weight excluding hydrogens is 529 g/mol. The maximum absolute atomic E-state index is 14.7. The molecule has 0 unspecified atom stereocenters. The third-order valence-electron chi connectivity index (χ3n) is 7.02. The van der Waals surface area contributed by atoms with Crippen molar-refractivity contribution >= 4 is 45.8 Å². The lowest BCUT2D eigenvalue weighted by atomic mass is 9.97. The minimum atomic E-state index is -0.328. The van der Waals surface area contributed by atoms with E-state index < -0.39 is 0 Å². The van der Waals surface area contributed by atoms with Gasteiger partial charge in [0, 0.05) is 40.2 Å². The van der Waals surface area contributed by atoms with Crippen LogP contribution in [0.15, 0.2) is 83.1 Å². The number of fused-ring (bicyclic) bond motifs is 1. The number of benzene rings is 3. The molecule has 2 aromatic heterocycles. The van der Waals surface area contributed by atoms with Crippen molar-refractivity contribution in [2.75, 3.05) is 25.1 Å². The number of hydrogen-bond acceptors (Lipinski definition) is 6. The van der Waals surface area contributed by atoms with Gasteiger partial charge in [-0.25, -0.2) is 4.39 Å². The number of carbonyl (C=O) groups is 1. The van der Waals surface area contributed by atoms with Crippen molar-refractivity contribution in [3.8, 4) is 27.8 Å². The molecule has 3 aromatic carbocycles. The Labute approximate surface area is 234 Å². The monoisotopic (exact) mass is 553 g/mol. The molecule has 0 bridgehead atoms. The quantitative estimate of drug-likeness (QED) is 0.204. The van der Waals surface area contributed by atoms with E-state index in [0.717, 1.165) is 43.2 Å². The Morgan fingerprint density at radius 1 is 1.10 bits per heavy atom. The maximum Gasteiger partial charge on any atom is 0.312 e. The third kappa shape index (κ3) is 4.58. The smallest absolute Gasteiger partial charge is 0.312 e. The minimum Gasteiger partial charge on any atom is -0.469 e. The van der Waals surface area contributed by atoms with Crippen molar-refractivity contribution < 1.29 is 13.9 Å². The highest BCUT2D eigenvalue weighted by atomic mass is 32.2. The van der Waals surface area contributed by atoms with Gasteiger partial charge in [-0.15, -0.1) is 11.3 Å². The number of methoxy groups -OCH3 is 1. The molecule has 0 amide bonds. The number of aryl methyl sites for hydroxylation is 1. The zero-order chi connectivity index (χ0) is 27.1. The number of ether oxygens (including phenoxy) is 1. The van der Waals surface area contributed by atoms with Crippen LogP contribution in [0.1, 0.15) is 11.1 Å². The van der Waals surface area contributed by atoms with Crippen molar-refractivity contribution in [1.82, 2.24) is 3.97 Å². The van der Waals surface area contributed by atoms with Gasteiger partial charge in [-0.3, -0.25) is 8.77 Å². The van der Waals surface area contributed by atoms with Crippen LogP contribution in [0.4, 0.5) is 10.1 Å². The van der Waals surface area contributed by atoms with E-state index in [1.54, 1.807) is 24.1 Å². The van der Waals surface area contributed by atoms with Gasteiger partial charge >= 0.3 is 5.97 Å². The Kier molecular flexibility index (Phi) is 6.63. The van der Waals surface area contributed by atoms with Crippen LogP contribution in [-0.4, -0.2) is 30.1 Å². The molecule has 0 saturated carbocycles. The van der Waals surface area contributed by atoms with E-state index in [-0.39, 0.29) is 17.7 Å². The second kappa shape index (κ2) is 10.3.